The SMILES string of the molecule is CCN1CCN(S(=O)(=O)c2cccc(NC(=O)c3cc4c(F)cccc4s3)c2)CC1. The van der Waals surface area contributed by atoms with E-state index in [-0.39, 0.29) is 10.7 Å². The summed E-state index contributed by atoms with van der Waals surface area (Å²) in [5.41, 5.74) is 0.381. The number of likely N-dealkylation sites (N-methyl/N-ethyl adjacent to an activating group) is 1. The van der Waals surface area contributed by atoms with Crippen LogP contribution in [-0.4, -0.2) is 56.3 Å². The van der Waals surface area contributed by atoms with Gasteiger partial charge in [-0.2, -0.15) is 4.31 Å². The van der Waals surface area contributed by atoms with Gasteiger partial charge in [0.15, 0.2) is 0 Å². The molecule has 0 radical (unpaired) electrons. The summed E-state index contributed by atoms with van der Waals surface area (Å²) in [5, 5.41) is 3.13. The number of sulfonamides is 1. The summed E-state index contributed by atoms with van der Waals surface area (Å²) in [6.07, 6.45) is 0. The summed E-state index contributed by atoms with van der Waals surface area (Å²) >= 11 is 1.19. The van der Waals surface area contributed by atoms with Crippen LogP contribution in [0.3, 0.4) is 0 Å². The van der Waals surface area contributed by atoms with E-state index >= 15 is 0 Å². The highest BCUT2D eigenvalue weighted by atomic mass is 32.2. The lowest BCUT2D eigenvalue weighted by Gasteiger charge is -2.33. The lowest BCUT2D eigenvalue weighted by atomic mass is 10.2. The smallest absolute Gasteiger partial charge is 0.265 e. The Balaban J connectivity index is 1.53. The minimum atomic E-state index is -3.63. The van der Waals surface area contributed by atoms with Crippen molar-refractivity contribution in [3.05, 3.63) is 59.2 Å². The molecule has 158 valence electrons. The first-order chi connectivity index (χ1) is 14.4. The Hall–Kier alpha value is -2.33. The van der Waals surface area contributed by atoms with Crippen molar-refractivity contribution in [1.29, 1.82) is 0 Å². The van der Waals surface area contributed by atoms with Crippen LogP contribution >= 0.6 is 11.3 Å². The third-order valence-corrected chi connectivity index (χ3v) is 8.23. The predicted molar refractivity (Wildman–Crippen MR) is 117 cm³/mol. The first-order valence-corrected chi connectivity index (χ1v) is 12.0. The number of hydrogen-bond donors (Lipinski definition) is 1. The van der Waals surface area contributed by atoms with Gasteiger partial charge in [-0.05, 0) is 42.9 Å². The molecule has 1 amide bonds. The van der Waals surface area contributed by atoms with Gasteiger partial charge in [-0.1, -0.05) is 19.1 Å². The number of nitrogens with zero attached hydrogens (tertiary/aromatic N) is 2. The van der Waals surface area contributed by atoms with Crippen molar-refractivity contribution in [2.45, 2.75) is 11.8 Å². The first kappa shape index (κ1) is 20.9. The highest BCUT2D eigenvalue weighted by Crippen LogP contribution is 2.28. The van der Waals surface area contributed by atoms with Crippen LogP contribution < -0.4 is 5.32 Å². The van der Waals surface area contributed by atoms with Gasteiger partial charge in [0, 0.05) is 42.0 Å². The van der Waals surface area contributed by atoms with Crippen LogP contribution in [0.15, 0.2) is 53.4 Å². The van der Waals surface area contributed by atoms with Crippen LogP contribution in [0.25, 0.3) is 10.1 Å². The number of halogens is 1. The maximum Gasteiger partial charge on any atom is 0.265 e. The van der Waals surface area contributed by atoms with E-state index in [9.17, 15) is 17.6 Å². The number of carbonyl (C=O) groups excluding carboxylic acids is 1. The number of hydrogen-bond acceptors (Lipinski definition) is 5. The Bertz CT molecular complexity index is 1190. The van der Waals surface area contributed by atoms with E-state index in [1.54, 1.807) is 24.3 Å². The standard InChI is InChI=1S/C21H22FN3O3S2/c1-2-24-9-11-25(12-10-24)30(27,28)16-6-3-5-15(13-16)23-21(26)20-14-17-18(22)7-4-8-19(17)29-20/h3-8,13-14H,2,9-12H2,1H3,(H,23,26). The van der Waals surface area contributed by atoms with Crippen molar-refractivity contribution in [1.82, 2.24) is 9.21 Å². The van der Waals surface area contributed by atoms with Gasteiger partial charge in [0.05, 0.1) is 9.77 Å². The van der Waals surface area contributed by atoms with Crippen LogP contribution in [-0.2, 0) is 10.0 Å². The highest BCUT2D eigenvalue weighted by molar-refractivity contribution is 7.89. The zero-order valence-corrected chi connectivity index (χ0v) is 18.1. The molecule has 1 aliphatic heterocycles. The van der Waals surface area contributed by atoms with Crippen molar-refractivity contribution in [3.8, 4) is 0 Å². The average molecular weight is 448 g/mol. The third-order valence-electron chi connectivity index (χ3n) is 5.24. The fourth-order valence-corrected chi connectivity index (χ4v) is 5.94. The largest absolute Gasteiger partial charge is 0.321 e. The summed E-state index contributed by atoms with van der Waals surface area (Å²) in [7, 11) is -3.63. The number of fused-ring (bicyclic) bond motifs is 1. The van der Waals surface area contributed by atoms with Crippen molar-refractivity contribution < 1.29 is 17.6 Å². The molecule has 0 saturated carbocycles. The zero-order chi connectivity index (χ0) is 21.3. The average Bonchev–Trinajstić information content (AvgIpc) is 3.20. The maximum absolute atomic E-state index is 13.9. The number of piperazine rings is 1. The minimum Gasteiger partial charge on any atom is -0.321 e. The molecule has 1 aliphatic rings. The summed E-state index contributed by atoms with van der Waals surface area (Å²) in [6, 6.07) is 12.5. The second kappa shape index (κ2) is 8.43. The number of anilines is 1. The van der Waals surface area contributed by atoms with E-state index in [2.05, 4.69) is 17.1 Å². The van der Waals surface area contributed by atoms with Crippen LogP contribution in [0.2, 0.25) is 0 Å². The van der Waals surface area contributed by atoms with Gasteiger partial charge < -0.3 is 10.2 Å². The van der Waals surface area contributed by atoms with Gasteiger partial charge in [0.25, 0.3) is 5.91 Å². The molecule has 1 N–H and O–H groups in total. The molecule has 1 fully saturated rings. The lowest BCUT2D eigenvalue weighted by Crippen LogP contribution is -2.48. The van der Waals surface area contributed by atoms with E-state index in [0.717, 1.165) is 6.54 Å². The van der Waals surface area contributed by atoms with E-state index in [1.807, 2.05) is 0 Å². The minimum absolute atomic E-state index is 0.146. The molecular weight excluding hydrogens is 425 g/mol. The van der Waals surface area contributed by atoms with Crippen LogP contribution in [0, 0.1) is 5.82 Å². The molecule has 0 unspecified atom stereocenters. The van der Waals surface area contributed by atoms with E-state index in [1.165, 1.54) is 39.9 Å². The van der Waals surface area contributed by atoms with Crippen LogP contribution in [0.5, 0.6) is 0 Å². The van der Waals surface area contributed by atoms with Gasteiger partial charge in [-0.25, -0.2) is 12.8 Å². The molecule has 4 rings (SSSR count). The monoisotopic (exact) mass is 447 g/mol. The molecular formula is C21H22FN3O3S2. The van der Waals surface area contributed by atoms with E-state index < -0.39 is 15.9 Å². The molecule has 30 heavy (non-hydrogen) atoms. The lowest BCUT2D eigenvalue weighted by molar-refractivity contribution is 0.103. The van der Waals surface area contributed by atoms with Crippen molar-refractivity contribution in [2.24, 2.45) is 0 Å². The first-order valence-electron chi connectivity index (χ1n) is 9.70. The summed E-state index contributed by atoms with van der Waals surface area (Å²) < 4.78 is 42.1. The second-order valence-electron chi connectivity index (χ2n) is 7.08. The Labute approximate surface area is 179 Å². The summed E-state index contributed by atoms with van der Waals surface area (Å²) in [6.45, 7) is 5.25. The van der Waals surface area contributed by atoms with E-state index in [4.69, 9.17) is 0 Å². The molecule has 2 heterocycles. The number of benzene rings is 2. The van der Waals surface area contributed by atoms with Crippen LogP contribution in [0.1, 0.15) is 16.6 Å². The fraction of sp³-hybridized carbons (Fsp3) is 0.286. The van der Waals surface area contributed by atoms with Crippen molar-refractivity contribution >= 4 is 43.0 Å². The quantitative estimate of drug-likeness (QED) is 0.649. The number of thiophene rings is 1. The molecule has 2 aromatic carbocycles. The molecule has 3 aromatic rings. The van der Waals surface area contributed by atoms with Gasteiger partial charge in [-0.15, -0.1) is 11.3 Å². The molecule has 9 heteroatoms. The predicted octanol–water partition coefficient (Wildman–Crippen LogP) is 3.62. The zero-order valence-electron chi connectivity index (χ0n) is 16.5. The number of carbonyl (C=O) groups is 1. The topological polar surface area (TPSA) is 69.7 Å². The summed E-state index contributed by atoms with van der Waals surface area (Å²) in [4.78, 5) is 15.3. The molecule has 1 saturated heterocycles. The maximum atomic E-state index is 13.9. The Morgan fingerprint density at radius 1 is 1.10 bits per heavy atom. The van der Waals surface area contributed by atoms with Crippen molar-refractivity contribution in [2.75, 3.05) is 38.0 Å². The Kier molecular flexibility index (Phi) is 5.88. The molecule has 0 aliphatic carbocycles. The highest BCUT2D eigenvalue weighted by Gasteiger charge is 2.28. The van der Waals surface area contributed by atoms with E-state index in [0.29, 0.717) is 46.8 Å². The Morgan fingerprint density at radius 3 is 2.53 bits per heavy atom. The normalized spacial score (nSPS) is 16.1. The third kappa shape index (κ3) is 4.11. The van der Waals surface area contributed by atoms with Gasteiger partial charge >= 0.3 is 0 Å². The molecule has 0 atom stereocenters. The van der Waals surface area contributed by atoms with Gasteiger partial charge in [0.1, 0.15) is 5.82 Å². The molecule has 6 nitrogen and oxygen atoms in total. The summed E-state index contributed by atoms with van der Waals surface area (Å²) in [5.74, 6) is -0.777. The number of amides is 1. The number of nitrogens with one attached hydrogen (secondary N) is 1. The number of rotatable bonds is 5. The fourth-order valence-electron chi connectivity index (χ4n) is 3.50. The molecule has 0 spiro atoms. The van der Waals surface area contributed by atoms with Gasteiger partial charge in [-0.3, -0.25) is 4.79 Å². The molecule has 1 aromatic heterocycles. The van der Waals surface area contributed by atoms with Crippen LogP contribution in [0.4, 0.5) is 10.1 Å². The Morgan fingerprint density at radius 2 is 1.83 bits per heavy atom. The second-order valence-corrected chi connectivity index (χ2v) is 10.1. The molecule has 0 bridgehead atoms. The van der Waals surface area contributed by atoms with Gasteiger partial charge in [0.2, 0.25) is 10.0 Å². The van der Waals surface area contributed by atoms with Crippen molar-refractivity contribution in [3.63, 3.8) is 0 Å².